The van der Waals surface area contributed by atoms with Gasteiger partial charge in [0, 0.05) is 0 Å². The van der Waals surface area contributed by atoms with Gasteiger partial charge in [-0.05, 0) is 38.8 Å². The van der Waals surface area contributed by atoms with Gasteiger partial charge in [0.15, 0.2) is 0 Å². The lowest BCUT2D eigenvalue weighted by molar-refractivity contribution is 0.230. The fourth-order valence-electron chi connectivity index (χ4n) is 2.91. The van der Waals surface area contributed by atoms with Gasteiger partial charge in [-0.3, -0.25) is 9.13 Å². The van der Waals surface area contributed by atoms with Crippen LogP contribution in [-0.4, -0.2) is 26.4 Å². The van der Waals surface area contributed by atoms with Crippen molar-refractivity contribution in [3.8, 4) is 0 Å². The molecule has 2 aromatic rings. The molecule has 0 aromatic heterocycles. The van der Waals surface area contributed by atoms with Crippen LogP contribution in [0.15, 0.2) is 66.4 Å². The van der Waals surface area contributed by atoms with Crippen molar-refractivity contribution in [2.45, 2.75) is 27.7 Å². The van der Waals surface area contributed by atoms with Gasteiger partial charge in [-0.25, -0.2) is 0 Å². The van der Waals surface area contributed by atoms with Gasteiger partial charge in [0.1, 0.15) is 10.6 Å². The van der Waals surface area contributed by atoms with Gasteiger partial charge in [-0.1, -0.05) is 66.4 Å². The first kappa shape index (κ1) is 25.5. The Hall–Kier alpha value is -1.74. The van der Waals surface area contributed by atoms with Gasteiger partial charge in [-0.15, -0.1) is 0 Å². The van der Waals surface area contributed by atoms with Crippen LogP contribution in [-0.2, 0) is 27.2 Å². The van der Waals surface area contributed by atoms with Crippen LogP contribution in [0.2, 0.25) is 0 Å². The van der Waals surface area contributed by atoms with Gasteiger partial charge >= 0.3 is 15.2 Å². The maximum absolute atomic E-state index is 13.8. The van der Waals surface area contributed by atoms with Crippen molar-refractivity contribution in [2.75, 3.05) is 26.4 Å². The molecule has 0 N–H and O–H groups in total. The highest BCUT2D eigenvalue weighted by atomic mass is 31.2. The Kier molecular flexibility index (Phi) is 10.2. The predicted molar refractivity (Wildman–Crippen MR) is 125 cm³/mol. The molecule has 8 heteroatoms. The first-order valence-electron chi connectivity index (χ1n) is 10.3. The lowest BCUT2D eigenvalue weighted by Crippen LogP contribution is -2.01. The molecule has 6 nitrogen and oxygen atoms in total. The molecule has 2 aromatic carbocycles. The van der Waals surface area contributed by atoms with E-state index < -0.39 is 15.2 Å². The van der Waals surface area contributed by atoms with Crippen molar-refractivity contribution in [3.05, 3.63) is 77.5 Å². The van der Waals surface area contributed by atoms with Gasteiger partial charge in [0.05, 0.1) is 26.4 Å². The van der Waals surface area contributed by atoms with Crippen molar-refractivity contribution in [1.82, 2.24) is 0 Å². The van der Waals surface area contributed by atoms with E-state index in [1.165, 1.54) is 0 Å². The minimum absolute atomic E-state index is 0.171. The third-order valence-electron chi connectivity index (χ3n) is 4.08. The third-order valence-corrected chi connectivity index (χ3v) is 8.30. The number of hydrogen-bond donors (Lipinski definition) is 0. The summed E-state index contributed by atoms with van der Waals surface area (Å²) in [5, 5.41) is 0.352. The molecular formula is C23H30O6P2. The van der Waals surface area contributed by atoms with Crippen LogP contribution < -0.4 is 0 Å². The summed E-state index contributed by atoms with van der Waals surface area (Å²) in [6.45, 7) is 7.63. The molecule has 0 saturated carbocycles. The maximum atomic E-state index is 13.8. The zero-order valence-corrected chi connectivity index (χ0v) is 20.2. The molecule has 168 valence electrons. The van der Waals surface area contributed by atoms with Gasteiger partial charge in [0.2, 0.25) is 0 Å². The Morgan fingerprint density at radius 2 is 0.903 bits per heavy atom. The van der Waals surface area contributed by atoms with Crippen LogP contribution in [0.3, 0.4) is 0 Å². The van der Waals surface area contributed by atoms with E-state index in [-0.39, 0.29) is 37.1 Å². The van der Waals surface area contributed by atoms with Crippen LogP contribution in [0, 0.1) is 0 Å². The summed E-state index contributed by atoms with van der Waals surface area (Å²) in [7, 11) is -7.56. The fourth-order valence-corrected chi connectivity index (χ4v) is 6.46. The van der Waals surface area contributed by atoms with Crippen LogP contribution >= 0.6 is 15.2 Å². The van der Waals surface area contributed by atoms with Gasteiger partial charge < -0.3 is 18.1 Å². The van der Waals surface area contributed by atoms with Crippen molar-refractivity contribution in [3.63, 3.8) is 0 Å². The summed E-state index contributed by atoms with van der Waals surface area (Å²) < 4.78 is 50.0. The molecule has 0 aliphatic carbocycles. The molecule has 0 amide bonds. The van der Waals surface area contributed by atoms with Crippen molar-refractivity contribution < 1.29 is 27.2 Å². The zero-order chi connectivity index (χ0) is 22.7. The Labute approximate surface area is 185 Å². The Morgan fingerprint density at radius 1 is 0.613 bits per heavy atom. The van der Waals surface area contributed by atoms with Crippen LogP contribution in [0.5, 0.6) is 0 Å². The van der Waals surface area contributed by atoms with E-state index in [1.54, 1.807) is 52.0 Å². The lowest BCUT2D eigenvalue weighted by Gasteiger charge is -2.21. The second-order valence-corrected chi connectivity index (χ2v) is 10.1. The summed E-state index contributed by atoms with van der Waals surface area (Å²) in [5.74, 6) is 0. The highest BCUT2D eigenvalue weighted by Gasteiger charge is 2.35. The van der Waals surface area contributed by atoms with E-state index in [9.17, 15) is 9.13 Å². The van der Waals surface area contributed by atoms with Crippen LogP contribution in [0.25, 0.3) is 10.6 Å². The third kappa shape index (κ3) is 6.62. The van der Waals surface area contributed by atoms with E-state index in [1.807, 2.05) is 36.4 Å². The number of benzene rings is 2. The second kappa shape index (κ2) is 12.3. The topological polar surface area (TPSA) is 71.1 Å². The molecule has 0 spiro atoms. The van der Waals surface area contributed by atoms with Crippen molar-refractivity contribution in [1.29, 1.82) is 0 Å². The first-order valence-corrected chi connectivity index (χ1v) is 13.4. The van der Waals surface area contributed by atoms with Crippen molar-refractivity contribution >= 4 is 25.8 Å². The summed E-state index contributed by atoms with van der Waals surface area (Å²) in [4.78, 5) is 0. The molecule has 0 bridgehead atoms. The van der Waals surface area contributed by atoms with Crippen LogP contribution in [0.4, 0.5) is 0 Å². The molecule has 0 saturated heterocycles. The molecule has 0 atom stereocenters. The molecular weight excluding hydrogens is 434 g/mol. The summed E-state index contributed by atoms with van der Waals surface area (Å²) >= 11 is 0. The average Bonchev–Trinajstić information content (AvgIpc) is 2.76. The Morgan fingerprint density at radius 3 is 1.16 bits per heavy atom. The minimum atomic E-state index is -3.78. The molecule has 0 aliphatic rings. The quantitative estimate of drug-likeness (QED) is 0.244. The smallest absolute Gasteiger partial charge is 0.305 e. The number of hydrogen-bond acceptors (Lipinski definition) is 6. The highest BCUT2D eigenvalue weighted by molar-refractivity contribution is 7.66. The molecule has 0 fully saturated rings. The van der Waals surface area contributed by atoms with Gasteiger partial charge in [-0.2, -0.15) is 0 Å². The van der Waals surface area contributed by atoms with E-state index >= 15 is 0 Å². The van der Waals surface area contributed by atoms with Crippen LogP contribution in [0.1, 0.15) is 38.8 Å². The molecule has 0 radical (unpaired) electrons. The second-order valence-electron chi connectivity index (χ2n) is 6.22. The van der Waals surface area contributed by atoms with E-state index in [0.717, 1.165) is 0 Å². The van der Waals surface area contributed by atoms with E-state index in [4.69, 9.17) is 18.1 Å². The minimum Gasteiger partial charge on any atom is -0.305 e. The fraction of sp³-hybridized carbons (Fsp3) is 0.348. The molecule has 0 aliphatic heterocycles. The predicted octanol–water partition coefficient (Wildman–Crippen LogP) is 7.20. The monoisotopic (exact) mass is 464 g/mol. The molecule has 2 rings (SSSR count). The standard InChI is InChI=1S/C23H30O6P2/c1-5-26-30(24,27-6-2)22(20-15-11-9-12-16-20)19-23(21-17-13-10-14-18-21)31(25,28-7-3)29-8-4/h9-18H,5-8H2,1-4H3. The molecule has 0 heterocycles. The largest absolute Gasteiger partial charge is 0.369 e. The lowest BCUT2D eigenvalue weighted by atomic mass is 10.2. The first-order chi connectivity index (χ1) is 14.9. The highest BCUT2D eigenvalue weighted by Crippen LogP contribution is 2.64. The SMILES string of the molecule is CCOP(=O)(OCC)C(=C=C(c1ccccc1)P(=O)(OCC)OCC)c1ccccc1. The summed E-state index contributed by atoms with van der Waals surface area (Å²) in [6, 6.07) is 18.1. The average molecular weight is 464 g/mol. The van der Waals surface area contributed by atoms with Gasteiger partial charge in [0.25, 0.3) is 0 Å². The molecule has 0 unspecified atom stereocenters. The van der Waals surface area contributed by atoms with E-state index in [0.29, 0.717) is 11.1 Å². The summed E-state index contributed by atoms with van der Waals surface area (Å²) in [5.41, 5.74) is 4.28. The Bertz CT molecular complexity index is 884. The van der Waals surface area contributed by atoms with Crippen molar-refractivity contribution in [2.24, 2.45) is 0 Å². The normalized spacial score (nSPS) is 11.7. The molecule has 31 heavy (non-hydrogen) atoms. The maximum Gasteiger partial charge on any atom is 0.369 e. The summed E-state index contributed by atoms with van der Waals surface area (Å²) in [6.07, 6.45) is 0. The van der Waals surface area contributed by atoms with E-state index in [2.05, 4.69) is 5.73 Å². The number of rotatable bonds is 12. The Balaban J connectivity index is 2.98. The zero-order valence-electron chi connectivity index (χ0n) is 18.4.